The second-order valence-electron chi connectivity index (χ2n) is 3.19. The summed E-state index contributed by atoms with van der Waals surface area (Å²) in [5.74, 6) is -0.184. The Kier molecular flexibility index (Phi) is 4.18. The number of ether oxygens (including phenoxy) is 2. The van der Waals surface area contributed by atoms with Gasteiger partial charge >= 0.3 is 5.97 Å². The number of hydrogen-bond acceptors (Lipinski definition) is 4. The molecule has 1 N–H and O–H groups in total. The van der Waals surface area contributed by atoms with Crippen LogP contribution in [0, 0.1) is 0 Å². The zero-order valence-electron chi connectivity index (χ0n) is 7.86. The number of carbonyl (C=O) groups is 1. The van der Waals surface area contributed by atoms with Crippen molar-refractivity contribution in [1.29, 1.82) is 0 Å². The van der Waals surface area contributed by atoms with E-state index in [9.17, 15) is 4.79 Å². The van der Waals surface area contributed by atoms with Crippen LogP contribution in [0.3, 0.4) is 0 Å². The minimum atomic E-state index is -0.184. The van der Waals surface area contributed by atoms with Crippen LogP contribution in [0.2, 0.25) is 0 Å². The zero-order chi connectivity index (χ0) is 9.68. The lowest BCUT2D eigenvalue weighted by Crippen LogP contribution is -2.03. The van der Waals surface area contributed by atoms with E-state index in [1.165, 1.54) is 7.11 Å². The van der Waals surface area contributed by atoms with Crippen LogP contribution < -0.4 is 0 Å². The molecule has 0 radical (unpaired) electrons. The minimum Gasteiger partial charge on any atom is -0.469 e. The van der Waals surface area contributed by atoms with E-state index in [-0.39, 0.29) is 24.8 Å². The van der Waals surface area contributed by atoms with Gasteiger partial charge in [0.25, 0.3) is 0 Å². The predicted octanol–water partition coefficient (Wildman–Crippen LogP) is 0.479. The zero-order valence-corrected chi connectivity index (χ0v) is 7.86. The summed E-state index contributed by atoms with van der Waals surface area (Å²) in [5.41, 5.74) is 0. The molecule has 13 heavy (non-hydrogen) atoms. The molecule has 4 heteroatoms. The van der Waals surface area contributed by atoms with Crippen molar-refractivity contribution in [1.82, 2.24) is 0 Å². The van der Waals surface area contributed by atoms with Gasteiger partial charge in [-0.3, -0.25) is 4.79 Å². The third-order valence-corrected chi connectivity index (χ3v) is 2.20. The third kappa shape index (κ3) is 3.74. The van der Waals surface area contributed by atoms with E-state index in [1.807, 2.05) is 0 Å². The SMILES string of the molecule is COC(=O)CCC1OC1CCCO. The van der Waals surface area contributed by atoms with Gasteiger partial charge in [-0.1, -0.05) is 0 Å². The molecule has 0 aromatic rings. The van der Waals surface area contributed by atoms with Crippen molar-refractivity contribution < 1.29 is 19.4 Å². The van der Waals surface area contributed by atoms with Crippen LogP contribution in [0.1, 0.15) is 25.7 Å². The Morgan fingerprint density at radius 2 is 2.15 bits per heavy atom. The lowest BCUT2D eigenvalue weighted by atomic mass is 10.1. The molecule has 1 saturated heterocycles. The first-order valence-electron chi connectivity index (χ1n) is 4.61. The highest BCUT2D eigenvalue weighted by Crippen LogP contribution is 2.30. The molecule has 0 aliphatic carbocycles. The fourth-order valence-corrected chi connectivity index (χ4v) is 1.34. The molecule has 0 saturated carbocycles. The van der Waals surface area contributed by atoms with Crippen LogP contribution in [-0.4, -0.2) is 37.0 Å². The Morgan fingerprint density at radius 3 is 2.77 bits per heavy atom. The first kappa shape index (κ1) is 10.5. The van der Waals surface area contributed by atoms with Gasteiger partial charge in [-0.05, 0) is 19.3 Å². The maximum Gasteiger partial charge on any atom is 0.305 e. The van der Waals surface area contributed by atoms with Crippen LogP contribution in [-0.2, 0) is 14.3 Å². The Hall–Kier alpha value is -0.610. The second-order valence-corrected chi connectivity index (χ2v) is 3.19. The molecule has 2 unspecified atom stereocenters. The average Bonchev–Trinajstić information content (AvgIpc) is 2.89. The van der Waals surface area contributed by atoms with Crippen LogP contribution in [0.5, 0.6) is 0 Å². The monoisotopic (exact) mass is 188 g/mol. The van der Waals surface area contributed by atoms with Gasteiger partial charge in [-0.25, -0.2) is 0 Å². The number of hydrogen-bond donors (Lipinski definition) is 1. The minimum absolute atomic E-state index is 0.184. The van der Waals surface area contributed by atoms with E-state index in [1.54, 1.807) is 0 Å². The summed E-state index contributed by atoms with van der Waals surface area (Å²) in [4.78, 5) is 10.7. The summed E-state index contributed by atoms with van der Waals surface area (Å²) in [6.07, 6.45) is 3.31. The molecule has 0 amide bonds. The van der Waals surface area contributed by atoms with Crippen molar-refractivity contribution in [3.05, 3.63) is 0 Å². The average molecular weight is 188 g/mol. The van der Waals surface area contributed by atoms with Crippen molar-refractivity contribution >= 4 is 5.97 Å². The summed E-state index contributed by atoms with van der Waals surface area (Å²) in [7, 11) is 1.39. The maximum atomic E-state index is 10.7. The van der Waals surface area contributed by atoms with Gasteiger partial charge in [0.1, 0.15) is 0 Å². The Bertz CT molecular complexity index is 169. The van der Waals surface area contributed by atoms with Crippen LogP contribution >= 0.6 is 0 Å². The van der Waals surface area contributed by atoms with Crippen molar-refractivity contribution in [2.24, 2.45) is 0 Å². The number of carbonyl (C=O) groups excluding carboxylic acids is 1. The van der Waals surface area contributed by atoms with E-state index in [0.717, 1.165) is 19.3 Å². The number of methoxy groups -OCH3 is 1. The van der Waals surface area contributed by atoms with Crippen LogP contribution in [0.4, 0.5) is 0 Å². The normalized spacial score (nSPS) is 25.7. The molecule has 1 aliphatic heterocycles. The lowest BCUT2D eigenvalue weighted by molar-refractivity contribution is -0.140. The first-order chi connectivity index (χ1) is 6.27. The van der Waals surface area contributed by atoms with Crippen molar-refractivity contribution in [2.45, 2.75) is 37.9 Å². The Labute approximate surface area is 77.8 Å². The van der Waals surface area contributed by atoms with E-state index in [2.05, 4.69) is 4.74 Å². The highest BCUT2D eigenvalue weighted by atomic mass is 16.6. The van der Waals surface area contributed by atoms with E-state index >= 15 is 0 Å². The van der Waals surface area contributed by atoms with Gasteiger partial charge in [0.05, 0.1) is 19.3 Å². The summed E-state index contributed by atoms with van der Waals surface area (Å²) in [5, 5.41) is 8.56. The second kappa shape index (κ2) is 5.19. The smallest absolute Gasteiger partial charge is 0.305 e. The van der Waals surface area contributed by atoms with Gasteiger partial charge in [0.15, 0.2) is 0 Å². The number of aliphatic hydroxyl groups excluding tert-OH is 1. The molecule has 0 aromatic carbocycles. The van der Waals surface area contributed by atoms with E-state index < -0.39 is 0 Å². The third-order valence-electron chi connectivity index (χ3n) is 2.20. The molecule has 1 heterocycles. The summed E-state index contributed by atoms with van der Waals surface area (Å²) in [6, 6.07) is 0. The lowest BCUT2D eigenvalue weighted by Gasteiger charge is -1.95. The van der Waals surface area contributed by atoms with Crippen LogP contribution in [0.15, 0.2) is 0 Å². The standard InChI is InChI=1S/C9H16O4/c1-12-9(11)5-4-8-7(13-8)3-2-6-10/h7-8,10H,2-6H2,1H3. The molecule has 2 atom stereocenters. The van der Waals surface area contributed by atoms with Gasteiger partial charge in [-0.15, -0.1) is 0 Å². The number of rotatable bonds is 6. The Morgan fingerprint density at radius 1 is 1.46 bits per heavy atom. The van der Waals surface area contributed by atoms with Gasteiger partial charge in [0, 0.05) is 13.0 Å². The molecular formula is C9H16O4. The van der Waals surface area contributed by atoms with Crippen molar-refractivity contribution in [2.75, 3.05) is 13.7 Å². The first-order valence-corrected chi connectivity index (χ1v) is 4.61. The summed E-state index contributed by atoms with van der Waals surface area (Å²) < 4.78 is 9.81. The molecule has 0 aromatic heterocycles. The van der Waals surface area contributed by atoms with Crippen molar-refractivity contribution in [3.8, 4) is 0 Å². The molecule has 1 rings (SSSR count). The molecule has 4 nitrogen and oxygen atoms in total. The molecule has 1 aliphatic rings. The highest BCUT2D eigenvalue weighted by Gasteiger charge is 2.37. The Balaban J connectivity index is 1.97. The highest BCUT2D eigenvalue weighted by molar-refractivity contribution is 5.69. The molecule has 1 fully saturated rings. The predicted molar refractivity (Wildman–Crippen MR) is 46.2 cm³/mol. The quantitative estimate of drug-likeness (QED) is 0.486. The fraction of sp³-hybridized carbons (Fsp3) is 0.889. The maximum absolute atomic E-state index is 10.7. The number of esters is 1. The molecule has 76 valence electrons. The van der Waals surface area contributed by atoms with Gasteiger partial charge < -0.3 is 14.6 Å². The molecule has 0 spiro atoms. The van der Waals surface area contributed by atoms with Gasteiger partial charge in [-0.2, -0.15) is 0 Å². The largest absolute Gasteiger partial charge is 0.469 e. The number of epoxide rings is 1. The molecule has 0 bridgehead atoms. The summed E-state index contributed by atoms with van der Waals surface area (Å²) in [6.45, 7) is 0.212. The topological polar surface area (TPSA) is 59.1 Å². The molecular weight excluding hydrogens is 172 g/mol. The fourth-order valence-electron chi connectivity index (χ4n) is 1.34. The van der Waals surface area contributed by atoms with Gasteiger partial charge in [0.2, 0.25) is 0 Å². The van der Waals surface area contributed by atoms with Crippen molar-refractivity contribution in [3.63, 3.8) is 0 Å². The van der Waals surface area contributed by atoms with E-state index in [4.69, 9.17) is 9.84 Å². The van der Waals surface area contributed by atoms with Crippen LogP contribution in [0.25, 0.3) is 0 Å². The number of aliphatic hydroxyl groups is 1. The summed E-state index contributed by atoms with van der Waals surface area (Å²) >= 11 is 0. The van der Waals surface area contributed by atoms with E-state index in [0.29, 0.717) is 6.42 Å².